The first-order valence-corrected chi connectivity index (χ1v) is 4.88. The lowest BCUT2D eigenvalue weighted by atomic mass is 10.1. The highest BCUT2D eigenvalue weighted by atomic mass is 32.1. The van der Waals surface area contributed by atoms with Crippen LogP contribution in [0.15, 0.2) is 17.5 Å². The molecular weight excluding hydrogens is 203 g/mol. The molecule has 0 bridgehead atoms. The first-order chi connectivity index (χ1) is 6.59. The zero-order valence-electron chi connectivity index (χ0n) is 7.37. The second-order valence-corrected chi connectivity index (χ2v) is 3.93. The van der Waals surface area contributed by atoms with Crippen LogP contribution in [0.4, 0.5) is 4.39 Å². The van der Waals surface area contributed by atoms with E-state index in [2.05, 4.69) is 0 Å². The molecule has 0 saturated heterocycles. The van der Waals surface area contributed by atoms with Gasteiger partial charge in [0.1, 0.15) is 5.82 Å². The molecular formula is C10H7FO2S. The van der Waals surface area contributed by atoms with E-state index in [0.717, 1.165) is 11.6 Å². The first-order valence-electron chi connectivity index (χ1n) is 4.00. The van der Waals surface area contributed by atoms with E-state index in [1.165, 1.54) is 17.4 Å². The molecule has 0 amide bonds. The van der Waals surface area contributed by atoms with E-state index in [1.807, 2.05) is 12.3 Å². The fourth-order valence-electron chi connectivity index (χ4n) is 1.38. The molecule has 0 fully saturated rings. The number of carboxylic acid groups (broad SMARTS) is 1. The monoisotopic (exact) mass is 210 g/mol. The average Bonchev–Trinajstić information content (AvgIpc) is 2.47. The smallest absolute Gasteiger partial charge is 0.337 e. The summed E-state index contributed by atoms with van der Waals surface area (Å²) in [6.45, 7) is 1.84. The fourth-order valence-corrected chi connectivity index (χ4v) is 2.42. The summed E-state index contributed by atoms with van der Waals surface area (Å²) in [7, 11) is 0. The lowest BCUT2D eigenvalue weighted by Crippen LogP contribution is -1.97. The molecule has 0 radical (unpaired) electrons. The Labute approximate surface area is 83.6 Å². The van der Waals surface area contributed by atoms with E-state index >= 15 is 0 Å². The van der Waals surface area contributed by atoms with Crippen LogP contribution in [-0.4, -0.2) is 11.1 Å². The van der Waals surface area contributed by atoms with Crippen molar-refractivity contribution in [3.63, 3.8) is 0 Å². The Morgan fingerprint density at radius 3 is 2.86 bits per heavy atom. The molecule has 0 atom stereocenters. The molecule has 0 aliphatic heterocycles. The van der Waals surface area contributed by atoms with Gasteiger partial charge in [0.25, 0.3) is 0 Å². The summed E-state index contributed by atoms with van der Waals surface area (Å²) in [6, 6.07) is 2.42. The van der Waals surface area contributed by atoms with Gasteiger partial charge < -0.3 is 5.11 Å². The Morgan fingerprint density at radius 2 is 2.21 bits per heavy atom. The van der Waals surface area contributed by atoms with Crippen LogP contribution in [0.2, 0.25) is 0 Å². The number of aromatic carboxylic acids is 1. The van der Waals surface area contributed by atoms with Gasteiger partial charge in [-0.3, -0.25) is 0 Å². The Balaban J connectivity index is 2.88. The highest BCUT2D eigenvalue weighted by Crippen LogP contribution is 2.29. The van der Waals surface area contributed by atoms with Crippen molar-refractivity contribution >= 4 is 27.4 Å². The zero-order chi connectivity index (χ0) is 10.3. The van der Waals surface area contributed by atoms with E-state index in [1.54, 1.807) is 0 Å². The van der Waals surface area contributed by atoms with Crippen LogP contribution in [0.5, 0.6) is 0 Å². The number of thiophene rings is 1. The minimum absolute atomic E-state index is 0.0399. The van der Waals surface area contributed by atoms with E-state index in [4.69, 9.17) is 5.11 Å². The molecule has 2 nitrogen and oxygen atoms in total. The Kier molecular flexibility index (Phi) is 2.00. The molecule has 14 heavy (non-hydrogen) atoms. The van der Waals surface area contributed by atoms with Crippen LogP contribution in [0.3, 0.4) is 0 Å². The van der Waals surface area contributed by atoms with Crippen molar-refractivity contribution in [1.82, 2.24) is 0 Å². The van der Waals surface area contributed by atoms with Gasteiger partial charge in [-0.05, 0) is 35.4 Å². The third-order valence-corrected chi connectivity index (χ3v) is 3.21. The predicted octanol–water partition coefficient (Wildman–Crippen LogP) is 3.05. The standard InChI is InChI=1S/C10H7FO2S/c1-5-4-14-9-7(5)2-6(11)3-8(9)10(12)13/h2-4H,1H3,(H,12,13). The van der Waals surface area contributed by atoms with Gasteiger partial charge in [-0.1, -0.05) is 0 Å². The zero-order valence-corrected chi connectivity index (χ0v) is 8.19. The maximum absolute atomic E-state index is 13.1. The van der Waals surface area contributed by atoms with Crippen molar-refractivity contribution in [2.45, 2.75) is 6.92 Å². The highest BCUT2D eigenvalue weighted by Gasteiger charge is 2.13. The summed E-state index contributed by atoms with van der Waals surface area (Å²) in [5.74, 6) is -1.59. The molecule has 0 aliphatic carbocycles. The van der Waals surface area contributed by atoms with Crippen molar-refractivity contribution in [2.24, 2.45) is 0 Å². The van der Waals surface area contributed by atoms with Crippen LogP contribution in [-0.2, 0) is 0 Å². The van der Waals surface area contributed by atoms with Crippen molar-refractivity contribution in [2.75, 3.05) is 0 Å². The molecule has 4 heteroatoms. The molecule has 1 N–H and O–H groups in total. The summed E-state index contributed by atoms with van der Waals surface area (Å²) in [6.07, 6.45) is 0. The van der Waals surface area contributed by atoms with E-state index in [-0.39, 0.29) is 5.56 Å². The van der Waals surface area contributed by atoms with Crippen molar-refractivity contribution in [3.8, 4) is 0 Å². The fraction of sp³-hybridized carbons (Fsp3) is 0.100. The summed E-state index contributed by atoms with van der Waals surface area (Å²) in [5, 5.41) is 11.4. The second-order valence-electron chi connectivity index (χ2n) is 3.05. The minimum Gasteiger partial charge on any atom is -0.478 e. The Bertz CT molecular complexity index is 516. The predicted molar refractivity (Wildman–Crippen MR) is 53.5 cm³/mol. The Morgan fingerprint density at radius 1 is 1.50 bits per heavy atom. The van der Waals surface area contributed by atoms with E-state index in [0.29, 0.717) is 10.1 Å². The van der Waals surface area contributed by atoms with Crippen molar-refractivity contribution in [1.29, 1.82) is 0 Å². The van der Waals surface area contributed by atoms with E-state index in [9.17, 15) is 9.18 Å². The third kappa shape index (κ3) is 1.28. The maximum atomic E-state index is 13.1. The van der Waals surface area contributed by atoms with Gasteiger partial charge >= 0.3 is 5.97 Å². The summed E-state index contributed by atoms with van der Waals surface area (Å²) < 4.78 is 13.7. The quantitative estimate of drug-likeness (QED) is 0.785. The number of fused-ring (bicyclic) bond motifs is 1. The number of hydrogen-bond donors (Lipinski definition) is 1. The van der Waals surface area contributed by atoms with Crippen LogP contribution < -0.4 is 0 Å². The molecule has 2 rings (SSSR count). The van der Waals surface area contributed by atoms with Crippen molar-refractivity contribution < 1.29 is 14.3 Å². The molecule has 72 valence electrons. The van der Waals surface area contributed by atoms with E-state index < -0.39 is 11.8 Å². The lowest BCUT2D eigenvalue weighted by Gasteiger charge is -1.98. The first kappa shape index (κ1) is 9.15. The Hall–Kier alpha value is -1.42. The highest BCUT2D eigenvalue weighted by molar-refractivity contribution is 7.17. The average molecular weight is 210 g/mol. The molecule has 1 heterocycles. The topological polar surface area (TPSA) is 37.3 Å². The second kappa shape index (κ2) is 3.06. The van der Waals surface area contributed by atoms with Gasteiger partial charge in [0.05, 0.1) is 5.56 Å². The van der Waals surface area contributed by atoms with Crippen LogP contribution in [0, 0.1) is 12.7 Å². The lowest BCUT2D eigenvalue weighted by molar-refractivity contribution is 0.0698. The summed E-state index contributed by atoms with van der Waals surface area (Å²) in [5.41, 5.74) is 0.949. The molecule has 1 aromatic carbocycles. The maximum Gasteiger partial charge on any atom is 0.337 e. The number of benzene rings is 1. The number of halogens is 1. The van der Waals surface area contributed by atoms with Crippen LogP contribution in [0.1, 0.15) is 15.9 Å². The summed E-state index contributed by atoms with van der Waals surface area (Å²) >= 11 is 1.33. The normalized spacial score (nSPS) is 10.7. The van der Waals surface area contributed by atoms with Gasteiger partial charge in [-0.15, -0.1) is 11.3 Å². The minimum atomic E-state index is -1.09. The van der Waals surface area contributed by atoms with Gasteiger partial charge in [0.15, 0.2) is 0 Å². The number of carboxylic acids is 1. The van der Waals surface area contributed by atoms with Crippen molar-refractivity contribution in [3.05, 3.63) is 34.5 Å². The molecule has 0 spiro atoms. The molecule has 0 saturated carbocycles. The number of carbonyl (C=O) groups is 1. The molecule has 2 aromatic rings. The number of rotatable bonds is 1. The molecule has 0 unspecified atom stereocenters. The van der Waals surface area contributed by atoms with Gasteiger partial charge in [0.2, 0.25) is 0 Å². The van der Waals surface area contributed by atoms with Crippen LogP contribution in [0.25, 0.3) is 10.1 Å². The van der Waals surface area contributed by atoms with Gasteiger partial charge in [-0.25, -0.2) is 9.18 Å². The largest absolute Gasteiger partial charge is 0.478 e. The molecule has 1 aromatic heterocycles. The van der Waals surface area contributed by atoms with Gasteiger partial charge in [0, 0.05) is 4.70 Å². The molecule has 0 aliphatic rings. The van der Waals surface area contributed by atoms with Gasteiger partial charge in [-0.2, -0.15) is 0 Å². The SMILES string of the molecule is Cc1csc2c(C(=O)O)cc(F)cc12. The number of aryl methyl sites for hydroxylation is 1. The third-order valence-electron chi connectivity index (χ3n) is 2.06. The van der Waals surface area contributed by atoms with Crippen LogP contribution >= 0.6 is 11.3 Å². The number of hydrogen-bond acceptors (Lipinski definition) is 2. The summed E-state index contributed by atoms with van der Waals surface area (Å²) in [4.78, 5) is 10.8.